The number of aliphatic hydroxyl groups is 1. The van der Waals surface area contributed by atoms with Crippen molar-refractivity contribution in [2.45, 2.75) is 62.9 Å². The Kier molecular flexibility index (Phi) is 8.05. The predicted molar refractivity (Wildman–Crippen MR) is 99.7 cm³/mol. The maximum Gasteiger partial charge on any atom is 0.106 e. The van der Waals surface area contributed by atoms with E-state index in [2.05, 4.69) is 40.4 Å². The second-order valence-electron chi connectivity index (χ2n) is 6.71. The normalized spacial score (nSPS) is 22.8. The Morgan fingerprint density at radius 1 is 1.25 bits per heavy atom. The zero-order chi connectivity index (χ0) is 17.2. The van der Waals surface area contributed by atoms with E-state index < -0.39 is 0 Å². The van der Waals surface area contributed by atoms with E-state index in [0.29, 0.717) is 5.92 Å². The van der Waals surface area contributed by atoms with Gasteiger partial charge in [0.15, 0.2) is 0 Å². The highest BCUT2D eigenvalue weighted by atomic mass is 16.2. The molecule has 0 spiro atoms. The van der Waals surface area contributed by atoms with E-state index in [1.807, 2.05) is 0 Å². The number of hydrogen-bond acceptors (Lipinski definition) is 4. The molecule has 0 amide bonds. The second-order valence-corrected chi connectivity index (χ2v) is 6.71. The second kappa shape index (κ2) is 10.3. The van der Waals surface area contributed by atoms with Gasteiger partial charge in [0, 0.05) is 19.2 Å². The van der Waals surface area contributed by atoms with Crippen LogP contribution in [0.15, 0.2) is 35.4 Å². The Morgan fingerprint density at radius 3 is 2.71 bits per heavy atom. The van der Waals surface area contributed by atoms with E-state index in [9.17, 15) is 0 Å². The number of aliphatic hydroxyl groups excluding tert-OH is 1. The minimum Gasteiger partial charge on any atom is -0.396 e. The molecule has 3 atom stereocenters. The molecule has 0 saturated carbocycles. The van der Waals surface area contributed by atoms with Crippen LogP contribution in [-0.4, -0.2) is 41.7 Å². The van der Waals surface area contributed by atoms with E-state index in [1.54, 1.807) is 0 Å². The Morgan fingerprint density at radius 2 is 2.00 bits per heavy atom. The number of nitrogens with zero attached hydrogens (tertiary/aromatic N) is 2. The van der Waals surface area contributed by atoms with Crippen LogP contribution in [0.3, 0.4) is 0 Å². The van der Waals surface area contributed by atoms with Crippen molar-refractivity contribution in [2.75, 3.05) is 13.2 Å². The van der Waals surface area contributed by atoms with Crippen molar-refractivity contribution < 1.29 is 5.11 Å². The molecule has 0 aromatic heterocycles. The van der Waals surface area contributed by atoms with Crippen molar-refractivity contribution in [3.63, 3.8) is 0 Å². The Labute approximate surface area is 145 Å². The van der Waals surface area contributed by atoms with Crippen LogP contribution in [0, 0.1) is 0 Å². The molecule has 1 aliphatic rings. The van der Waals surface area contributed by atoms with Crippen LogP contribution < -0.4 is 11.5 Å². The molecular weight excluding hydrogens is 300 g/mol. The highest BCUT2D eigenvalue weighted by molar-refractivity contribution is 5.50. The van der Waals surface area contributed by atoms with E-state index in [4.69, 9.17) is 16.6 Å². The summed E-state index contributed by atoms with van der Waals surface area (Å²) < 4.78 is 0. The summed E-state index contributed by atoms with van der Waals surface area (Å²) in [7, 11) is 0. The Bertz CT molecular complexity index is 480. The summed E-state index contributed by atoms with van der Waals surface area (Å²) in [5.41, 5.74) is 13.2. The molecule has 1 aliphatic heterocycles. The largest absolute Gasteiger partial charge is 0.396 e. The van der Waals surface area contributed by atoms with Gasteiger partial charge in [-0.3, -0.25) is 5.01 Å². The minimum atomic E-state index is 0.176. The minimum absolute atomic E-state index is 0.176. The average Bonchev–Trinajstić information content (AvgIpc) is 2.61. The number of hydrogen-bond donors (Lipinski definition) is 3. The molecule has 1 saturated heterocycles. The summed E-state index contributed by atoms with van der Waals surface area (Å²) in [6.45, 7) is 1.20. The quantitative estimate of drug-likeness (QED) is 0.479. The fourth-order valence-electron chi connectivity index (χ4n) is 3.77. The Hall–Kier alpha value is -1.59. The van der Waals surface area contributed by atoms with E-state index in [-0.39, 0.29) is 18.7 Å². The first kappa shape index (κ1) is 18.7. The average molecular weight is 332 g/mol. The standard InChI is InChI=1S/C19H32N4O/c20-15-22-23-13-5-11-18(21)19(23)12-4-9-17(10-6-14-24)16-7-2-1-3-8-16/h1-3,7-8,15,17-19,24H,4-6,9-14,21H2,(H2,20,22). The molecule has 24 heavy (non-hydrogen) atoms. The van der Waals surface area contributed by atoms with Gasteiger partial charge >= 0.3 is 0 Å². The molecule has 1 fully saturated rings. The summed E-state index contributed by atoms with van der Waals surface area (Å²) in [4.78, 5) is 0. The van der Waals surface area contributed by atoms with Gasteiger partial charge in [-0.25, -0.2) is 0 Å². The first-order valence-corrected chi connectivity index (χ1v) is 9.18. The molecule has 5 nitrogen and oxygen atoms in total. The number of hydrazone groups is 1. The summed E-state index contributed by atoms with van der Waals surface area (Å²) in [5, 5.41) is 15.5. The van der Waals surface area contributed by atoms with Crippen LogP contribution >= 0.6 is 0 Å². The summed E-state index contributed by atoms with van der Waals surface area (Å²) in [6, 6.07) is 11.1. The lowest BCUT2D eigenvalue weighted by atomic mass is 9.87. The molecule has 5 N–H and O–H groups in total. The molecule has 0 aliphatic carbocycles. The van der Waals surface area contributed by atoms with Gasteiger partial charge < -0.3 is 16.6 Å². The van der Waals surface area contributed by atoms with Gasteiger partial charge in [0.1, 0.15) is 6.34 Å². The zero-order valence-electron chi connectivity index (χ0n) is 14.6. The maximum atomic E-state index is 9.17. The summed E-state index contributed by atoms with van der Waals surface area (Å²) >= 11 is 0. The van der Waals surface area contributed by atoms with Gasteiger partial charge in [0.2, 0.25) is 0 Å². The van der Waals surface area contributed by atoms with Gasteiger partial charge in [-0.1, -0.05) is 36.8 Å². The Balaban J connectivity index is 1.90. The number of benzene rings is 1. The molecule has 134 valence electrons. The lowest BCUT2D eigenvalue weighted by Crippen LogP contribution is -2.49. The van der Waals surface area contributed by atoms with Crippen LogP contribution in [0.2, 0.25) is 0 Å². The van der Waals surface area contributed by atoms with Gasteiger partial charge in [0.25, 0.3) is 0 Å². The highest BCUT2D eigenvalue weighted by Crippen LogP contribution is 2.29. The lowest BCUT2D eigenvalue weighted by molar-refractivity contribution is 0.123. The molecule has 1 aromatic carbocycles. The smallest absolute Gasteiger partial charge is 0.106 e. The van der Waals surface area contributed by atoms with Crippen LogP contribution in [-0.2, 0) is 0 Å². The summed E-state index contributed by atoms with van der Waals surface area (Å²) in [5.74, 6) is 0.504. The maximum absolute atomic E-state index is 9.17. The van der Waals surface area contributed by atoms with Crippen LogP contribution in [0.25, 0.3) is 0 Å². The van der Waals surface area contributed by atoms with Crippen LogP contribution in [0.5, 0.6) is 0 Å². The van der Waals surface area contributed by atoms with Crippen molar-refractivity contribution >= 4 is 6.34 Å². The highest BCUT2D eigenvalue weighted by Gasteiger charge is 2.27. The molecule has 5 heteroatoms. The van der Waals surface area contributed by atoms with Crippen molar-refractivity contribution in [2.24, 2.45) is 16.6 Å². The van der Waals surface area contributed by atoms with Gasteiger partial charge in [-0.2, -0.15) is 5.10 Å². The molecule has 0 radical (unpaired) electrons. The molecule has 2 rings (SSSR count). The topological polar surface area (TPSA) is 87.9 Å². The third-order valence-electron chi connectivity index (χ3n) is 5.05. The van der Waals surface area contributed by atoms with Gasteiger partial charge in [-0.15, -0.1) is 0 Å². The lowest BCUT2D eigenvalue weighted by Gasteiger charge is -2.38. The van der Waals surface area contributed by atoms with Crippen molar-refractivity contribution in [1.82, 2.24) is 5.01 Å². The first-order chi connectivity index (χ1) is 11.8. The van der Waals surface area contributed by atoms with E-state index >= 15 is 0 Å². The van der Waals surface area contributed by atoms with Crippen molar-refractivity contribution in [3.8, 4) is 0 Å². The summed E-state index contributed by atoms with van der Waals surface area (Å²) in [6.07, 6.45) is 8.67. The third kappa shape index (κ3) is 5.49. The van der Waals surface area contributed by atoms with Crippen LogP contribution in [0.4, 0.5) is 0 Å². The fourth-order valence-corrected chi connectivity index (χ4v) is 3.77. The van der Waals surface area contributed by atoms with Crippen molar-refractivity contribution in [1.29, 1.82) is 0 Å². The number of nitrogens with two attached hydrogens (primary N) is 2. The van der Waals surface area contributed by atoms with Gasteiger partial charge in [-0.05, 0) is 50.0 Å². The molecular formula is C19H32N4O. The molecule has 0 bridgehead atoms. The zero-order valence-corrected chi connectivity index (χ0v) is 14.6. The molecule has 3 unspecified atom stereocenters. The van der Waals surface area contributed by atoms with Gasteiger partial charge in [0.05, 0.1) is 6.04 Å². The molecule has 1 aromatic rings. The van der Waals surface area contributed by atoms with E-state index in [0.717, 1.165) is 51.5 Å². The monoisotopic (exact) mass is 332 g/mol. The first-order valence-electron chi connectivity index (χ1n) is 9.18. The number of piperidine rings is 1. The number of rotatable bonds is 9. The van der Waals surface area contributed by atoms with E-state index in [1.165, 1.54) is 11.9 Å². The fraction of sp³-hybridized carbons (Fsp3) is 0.632. The SMILES string of the molecule is N/C=N\N1CCCC(N)C1CCCC(CCCO)c1ccccc1. The third-order valence-corrected chi connectivity index (χ3v) is 5.05. The predicted octanol–water partition coefficient (Wildman–Crippen LogP) is 2.41. The molecule has 1 heterocycles. The van der Waals surface area contributed by atoms with Crippen molar-refractivity contribution in [3.05, 3.63) is 35.9 Å². The van der Waals surface area contributed by atoms with Crippen LogP contribution in [0.1, 0.15) is 56.4 Å².